The Hall–Kier alpha value is -0.120. The van der Waals surface area contributed by atoms with Gasteiger partial charge >= 0.3 is 0 Å². The molecular weight excluding hydrogens is 224 g/mol. The number of hydrogen-bond donors (Lipinski definition) is 1. The van der Waals surface area contributed by atoms with Crippen molar-refractivity contribution < 1.29 is 4.74 Å². The maximum Gasteiger partial charge on any atom is 0.0587 e. The van der Waals surface area contributed by atoms with Gasteiger partial charge in [0.05, 0.1) is 6.10 Å². The lowest BCUT2D eigenvalue weighted by atomic mass is 9.92. The second-order valence-corrected chi connectivity index (χ2v) is 6.33. The van der Waals surface area contributed by atoms with Crippen LogP contribution in [0, 0.1) is 11.8 Å². The molecule has 0 aromatic carbocycles. The Morgan fingerprint density at radius 3 is 2.89 bits per heavy atom. The fourth-order valence-corrected chi connectivity index (χ4v) is 4.46. The molecule has 1 N–H and O–H groups in total. The lowest BCUT2D eigenvalue weighted by Crippen LogP contribution is -2.46. The number of ether oxygens (including phenoxy) is 1. The summed E-state index contributed by atoms with van der Waals surface area (Å²) in [5.74, 6) is 1.83. The molecule has 0 aliphatic carbocycles. The predicted octanol–water partition coefficient (Wildman–Crippen LogP) is 1.87. The second kappa shape index (κ2) is 5.48. The molecule has 3 aliphatic rings. The summed E-state index contributed by atoms with van der Waals surface area (Å²) in [5, 5.41) is 3.58. The van der Waals surface area contributed by atoms with Crippen LogP contribution in [0.1, 0.15) is 39.5 Å². The van der Waals surface area contributed by atoms with Crippen molar-refractivity contribution in [3.63, 3.8) is 0 Å². The molecule has 0 spiro atoms. The van der Waals surface area contributed by atoms with E-state index >= 15 is 0 Å². The summed E-state index contributed by atoms with van der Waals surface area (Å²) in [7, 11) is 0. The molecule has 0 amide bonds. The van der Waals surface area contributed by atoms with Gasteiger partial charge in [0.25, 0.3) is 0 Å². The number of fused-ring (bicyclic) bond motifs is 1. The van der Waals surface area contributed by atoms with Crippen LogP contribution in [0.3, 0.4) is 0 Å². The van der Waals surface area contributed by atoms with E-state index in [0.29, 0.717) is 6.10 Å². The Morgan fingerprint density at radius 2 is 2.11 bits per heavy atom. The number of rotatable bonds is 3. The highest BCUT2D eigenvalue weighted by Crippen LogP contribution is 2.38. The predicted molar refractivity (Wildman–Crippen MR) is 73.7 cm³/mol. The third-order valence-electron chi connectivity index (χ3n) is 5.44. The van der Waals surface area contributed by atoms with Crippen molar-refractivity contribution in [3.05, 3.63) is 0 Å². The largest absolute Gasteiger partial charge is 0.378 e. The summed E-state index contributed by atoms with van der Waals surface area (Å²) in [4.78, 5) is 2.85. The molecule has 0 aromatic heterocycles. The molecule has 0 saturated carbocycles. The minimum Gasteiger partial charge on any atom is -0.378 e. The van der Waals surface area contributed by atoms with Crippen molar-refractivity contribution in [2.45, 2.75) is 57.7 Å². The Kier molecular flexibility index (Phi) is 3.92. The first-order valence-corrected chi connectivity index (χ1v) is 7.91. The van der Waals surface area contributed by atoms with E-state index in [1.165, 1.54) is 45.3 Å². The highest BCUT2D eigenvalue weighted by molar-refractivity contribution is 5.00. The smallest absolute Gasteiger partial charge is 0.0587 e. The van der Waals surface area contributed by atoms with Gasteiger partial charge in [-0.3, -0.25) is 4.90 Å². The van der Waals surface area contributed by atoms with Crippen molar-refractivity contribution in [1.29, 1.82) is 0 Å². The Balaban J connectivity index is 1.67. The normalized spacial score (nSPS) is 45.3. The number of hydrogen-bond acceptors (Lipinski definition) is 3. The van der Waals surface area contributed by atoms with Gasteiger partial charge in [0, 0.05) is 25.2 Å². The Morgan fingerprint density at radius 1 is 1.22 bits per heavy atom. The topological polar surface area (TPSA) is 24.5 Å². The summed E-state index contributed by atoms with van der Waals surface area (Å²) in [6.07, 6.45) is 5.52. The molecular formula is C15H28N2O. The van der Waals surface area contributed by atoms with E-state index in [0.717, 1.165) is 30.5 Å². The molecule has 3 heterocycles. The van der Waals surface area contributed by atoms with Crippen molar-refractivity contribution in [2.75, 3.05) is 26.2 Å². The van der Waals surface area contributed by atoms with Gasteiger partial charge in [-0.1, -0.05) is 13.8 Å². The minimum absolute atomic E-state index is 0.514. The first-order valence-electron chi connectivity index (χ1n) is 7.91. The van der Waals surface area contributed by atoms with Gasteiger partial charge in [-0.15, -0.1) is 0 Å². The number of likely N-dealkylation sites (tertiary alicyclic amines) is 1. The van der Waals surface area contributed by atoms with Gasteiger partial charge in [-0.2, -0.15) is 0 Å². The third-order valence-corrected chi connectivity index (χ3v) is 5.44. The van der Waals surface area contributed by atoms with E-state index < -0.39 is 0 Å². The molecule has 3 saturated heterocycles. The van der Waals surface area contributed by atoms with Crippen LogP contribution in [-0.2, 0) is 4.74 Å². The summed E-state index contributed by atoms with van der Waals surface area (Å²) >= 11 is 0. The molecule has 0 bridgehead atoms. The highest BCUT2D eigenvalue weighted by Gasteiger charge is 2.45. The van der Waals surface area contributed by atoms with Gasteiger partial charge in [-0.05, 0) is 50.6 Å². The number of nitrogens with one attached hydrogen (secondary N) is 1. The van der Waals surface area contributed by atoms with Crippen LogP contribution in [0.5, 0.6) is 0 Å². The molecule has 3 nitrogen and oxygen atoms in total. The monoisotopic (exact) mass is 252 g/mol. The molecule has 3 rings (SSSR count). The van der Waals surface area contributed by atoms with Gasteiger partial charge in [0.15, 0.2) is 0 Å². The van der Waals surface area contributed by atoms with Crippen molar-refractivity contribution in [1.82, 2.24) is 10.2 Å². The minimum atomic E-state index is 0.514. The van der Waals surface area contributed by atoms with E-state index in [9.17, 15) is 0 Å². The van der Waals surface area contributed by atoms with Gasteiger partial charge in [0.2, 0.25) is 0 Å². The molecule has 5 atom stereocenters. The van der Waals surface area contributed by atoms with Crippen LogP contribution in [0.15, 0.2) is 0 Å². The maximum atomic E-state index is 5.84. The lowest BCUT2D eigenvalue weighted by Gasteiger charge is -2.39. The second-order valence-electron chi connectivity index (χ2n) is 6.33. The van der Waals surface area contributed by atoms with Crippen molar-refractivity contribution >= 4 is 0 Å². The van der Waals surface area contributed by atoms with Gasteiger partial charge in [-0.25, -0.2) is 0 Å². The van der Waals surface area contributed by atoms with Gasteiger partial charge < -0.3 is 10.1 Å². The van der Waals surface area contributed by atoms with Crippen LogP contribution in [0.4, 0.5) is 0 Å². The summed E-state index contributed by atoms with van der Waals surface area (Å²) in [6.45, 7) is 9.43. The van der Waals surface area contributed by atoms with E-state index in [-0.39, 0.29) is 0 Å². The van der Waals surface area contributed by atoms with Crippen molar-refractivity contribution in [3.8, 4) is 0 Å². The van der Waals surface area contributed by atoms with E-state index in [1.807, 2.05) is 0 Å². The first-order chi connectivity index (χ1) is 8.83. The summed E-state index contributed by atoms with van der Waals surface area (Å²) < 4.78 is 5.84. The zero-order chi connectivity index (χ0) is 12.5. The molecule has 0 aromatic rings. The van der Waals surface area contributed by atoms with Crippen LogP contribution in [0.25, 0.3) is 0 Å². The number of nitrogens with zero attached hydrogens (tertiary/aromatic N) is 1. The quantitative estimate of drug-likeness (QED) is 0.830. The van der Waals surface area contributed by atoms with E-state index in [4.69, 9.17) is 4.74 Å². The fraction of sp³-hybridized carbons (Fsp3) is 1.00. The average molecular weight is 252 g/mol. The van der Waals surface area contributed by atoms with Crippen molar-refractivity contribution in [2.24, 2.45) is 11.8 Å². The third kappa shape index (κ3) is 2.21. The van der Waals surface area contributed by atoms with E-state index in [2.05, 4.69) is 24.1 Å². The molecule has 3 aliphatic heterocycles. The average Bonchev–Trinajstić information content (AvgIpc) is 2.98. The molecule has 104 valence electrons. The fourth-order valence-electron chi connectivity index (χ4n) is 4.46. The summed E-state index contributed by atoms with van der Waals surface area (Å²) in [5.41, 5.74) is 0. The van der Waals surface area contributed by atoms with Crippen LogP contribution in [-0.4, -0.2) is 49.3 Å². The highest BCUT2D eigenvalue weighted by atomic mass is 16.5. The molecule has 3 heteroatoms. The van der Waals surface area contributed by atoms with Crippen LogP contribution in [0.2, 0.25) is 0 Å². The Labute approximate surface area is 111 Å². The summed E-state index contributed by atoms with van der Waals surface area (Å²) in [6, 6.07) is 1.62. The Bertz CT molecular complexity index is 284. The standard InChI is InChI=1S/C15H28N2O/c1-3-13-7-12(5-6-18-13)17-10-11-8-16-9-14(11)15(17)4-2/h11-16H,3-10H2,1-2H3. The molecule has 18 heavy (non-hydrogen) atoms. The van der Waals surface area contributed by atoms with E-state index in [1.54, 1.807) is 0 Å². The molecule has 3 fully saturated rings. The van der Waals surface area contributed by atoms with Gasteiger partial charge in [0.1, 0.15) is 0 Å². The molecule has 0 radical (unpaired) electrons. The zero-order valence-corrected chi connectivity index (χ0v) is 11.9. The van der Waals surface area contributed by atoms with Crippen LogP contribution < -0.4 is 5.32 Å². The van der Waals surface area contributed by atoms with Crippen LogP contribution >= 0.6 is 0 Å². The first kappa shape index (κ1) is 12.9. The maximum absolute atomic E-state index is 5.84. The SMILES string of the molecule is CCC1CC(N2CC3CNCC3C2CC)CCO1. The lowest BCUT2D eigenvalue weighted by molar-refractivity contribution is -0.0335. The molecule has 5 unspecified atom stereocenters. The zero-order valence-electron chi connectivity index (χ0n) is 11.9.